The first-order valence-electron chi connectivity index (χ1n) is 16.0. The zero-order valence-corrected chi connectivity index (χ0v) is 26.5. The molecule has 1 saturated carbocycles. The van der Waals surface area contributed by atoms with Gasteiger partial charge in [-0.05, 0) is 64.9 Å². The van der Waals surface area contributed by atoms with E-state index in [0.29, 0.717) is 59.6 Å². The molecule has 0 saturated heterocycles. The van der Waals surface area contributed by atoms with Gasteiger partial charge in [-0.1, -0.05) is 78.0 Å². The Balaban J connectivity index is 1.59. The van der Waals surface area contributed by atoms with E-state index in [1.165, 1.54) is 0 Å². The Morgan fingerprint density at radius 3 is 2.46 bits per heavy atom. The van der Waals surface area contributed by atoms with Crippen LogP contribution in [0.2, 0.25) is 0 Å². The average Bonchev–Trinajstić information content (AvgIpc) is 3.49. The molecule has 1 aliphatic carbocycles. The molecule has 2 aliphatic rings. The number of nitrogens with one attached hydrogen (secondary N) is 2. The van der Waals surface area contributed by atoms with Gasteiger partial charge in [0, 0.05) is 47.1 Å². The van der Waals surface area contributed by atoms with E-state index in [0.717, 1.165) is 19.3 Å². The maximum atomic E-state index is 14.6. The lowest BCUT2D eigenvalue weighted by Gasteiger charge is -2.34. The topological polar surface area (TPSA) is 210 Å². The van der Waals surface area contributed by atoms with Gasteiger partial charge in [-0.2, -0.15) is 0 Å². The number of nitrogens with zero attached hydrogens (tertiary/aromatic N) is 7. The van der Waals surface area contributed by atoms with Crippen LogP contribution in [0.15, 0.2) is 88.0 Å². The number of benzene rings is 3. The van der Waals surface area contributed by atoms with E-state index >= 15 is 0 Å². The van der Waals surface area contributed by atoms with E-state index in [9.17, 15) is 15.4 Å². The summed E-state index contributed by atoms with van der Waals surface area (Å²) in [6.45, 7) is 0.539. The van der Waals surface area contributed by atoms with Crippen molar-refractivity contribution < 1.29 is 24.5 Å². The number of hydrogen-bond acceptors (Lipinski definition) is 9. The molecule has 1 fully saturated rings. The third kappa shape index (κ3) is 8.06. The van der Waals surface area contributed by atoms with Crippen molar-refractivity contribution in [3.05, 3.63) is 116 Å². The molecule has 48 heavy (non-hydrogen) atoms. The SMILES string of the molecule is [N-]=[N+]=NCc1ccccc1[C@@H]1OC(c2ccc(OCCCO)cc2)=N[C@]1(Cc1ccccc1N=[N+]=[N-])C(=O)NNCC1(O)CCCCC1. The van der Waals surface area contributed by atoms with E-state index < -0.39 is 23.2 Å². The fourth-order valence-electron chi connectivity index (χ4n) is 6.18. The van der Waals surface area contributed by atoms with Gasteiger partial charge in [-0.15, -0.1) is 0 Å². The third-order valence-electron chi connectivity index (χ3n) is 8.68. The van der Waals surface area contributed by atoms with Crippen LogP contribution in [-0.4, -0.2) is 52.9 Å². The Morgan fingerprint density at radius 1 is 1.00 bits per heavy atom. The lowest BCUT2D eigenvalue weighted by Crippen LogP contribution is -2.56. The van der Waals surface area contributed by atoms with Crippen LogP contribution in [0.5, 0.6) is 5.75 Å². The van der Waals surface area contributed by atoms with Crippen molar-refractivity contribution in [3.8, 4) is 5.75 Å². The van der Waals surface area contributed by atoms with Crippen LogP contribution < -0.4 is 15.6 Å². The van der Waals surface area contributed by atoms with Gasteiger partial charge in [0.15, 0.2) is 11.6 Å². The number of carbonyl (C=O) groups excluding carboxylic acids is 1. The molecular weight excluding hydrogens is 614 g/mol. The summed E-state index contributed by atoms with van der Waals surface area (Å²) >= 11 is 0. The Kier molecular flexibility index (Phi) is 11.5. The summed E-state index contributed by atoms with van der Waals surface area (Å²) in [4.78, 5) is 25.5. The maximum Gasteiger partial charge on any atom is 0.266 e. The zero-order valence-electron chi connectivity index (χ0n) is 26.5. The summed E-state index contributed by atoms with van der Waals surface area (Å²) < 4.78 is 12.3. The van der Waals surface area contributed by atoms with Crippen molar-refractivity contribution in [2.45, 2.75) is 68.7 Å². The second kappa shape index (κ2) is 16.1. The molecule has 3 aromatic carbocycles. The molecule has 5 rings (SSSR count). The van der Waals surface area contributed by atoms with E-state index in [-0.39, 0.29) is 32.0 Å². The largest absolute Gasteiger partial charge is 0.494 e. The number of hydrazine groups is 1. The molecule has 4 N–H and O–H groups in total. The predicted molar refractivity (Wildman–Crippen MR) is 179 cm³/mol. The number of ether oxygens (including phenoxy) is 2. The molecule has 0 bridgehead atoms. The summed E-state index contributed by atoms with van der Waals surface area (Å²) in [6, 6.07) is 21.2. The van der Waals surface area contributed by atoms with Crippen LogP contribution in [-0.2, 0) is 22.5 Å². The Hall–Kier alpha value is -5.10. The normalized spacial score (nSPS) is 19.6. The highest BCUT2D eigenvalue weighted by Gasteiger charge is 2.54. The molecule has 14 nitrogen and oxygen atoms in total. The van der Waals surface area contributed by atoms with Crippen molar-refractivity contribution in [3.63, 3.8) is 0 Å². The Bertz CT molecular complexity index is 1700. The second-order valence-corrected chi connectivity index (χ2v) is 12.0. The van der Waals surface area contributed by atoms with Gasteiger partial charge in [-0.3, -0.25) is 10.2 Å². The summed E-state index contributed by atoms with van der Waals surface area (Å²) in [7, 11) is 0. The fourth-order valence-corrected chi connectivity index (χ4v) is 6.18. The maximum absolute atomic E-state index is 14.6. The van der Waals surface area contributed by atoms with Crippen LogP contribution in [0.4, 0.5) is 5.69 Å². The smallest absolute Gasteiger partial charge is 0.266 e. The molecule has 2 atom stereocenters. The number of aliphatic imine (C=N–C) groups is 1. The first kappa shape index (κ1) is 34.2. The highest BCUT2D eigenvalue weighted by Crippen LogP contribution is 2.45. The van der Waals surface area contributed by atoms with Gasteiger partial charge in [0.05, 0.1) is 18.8 Å². The predicted octanol–water partition coefficient (Wildman–Crippen LogP) is 6.02. The zero-order chi connectivity index (χ0) is 33.8. The van der Waals surface area contributed by atoms with Crippen molar-refractivity contribution >= 4 is 17.5 Å². The molecule has 3 aromatic rings. The van der Waals surface area contributed by atoms with Crippen molar-refractivity contribution in [2.24, 2.45) is 15.2 Å². The molecule has 0 spiro atoms. The first-order valence-corrected chi connectivity index (χ1v) is 16.0. The molecule has 1 amide bonds. The van der Waals surface area contributed by atoms with E-state index in [4.69, 9.17) is 25.1 Å². The monoisotopic (exact) mass is 653 g/mol. The van der Waals surface area contributed by atoms with Gasteiger partial charge in [-0.25, -0.2) is 10.4 Å². The molecule has 14 heteroatoms. The minimum absolute atomic E-state index is 0.0139. The van der Waals surface area contributed by atoms with Crippen LogP contribution in [0.3, 0.4) is 0 Å². The molecular formula is C34H39N9O5. The molecule has 250 valence electrons. The summed E-state index contributed by atoms with van der Waals surface area (Å²) in [5.41, 5.74) is 24.3. The number of aliphatic hydroxyl groups excluding tert-OH is 1. The molecule has 1 aliphatic heterocycles. The standard InChI is InChI=1S/C34H39N9O5/c35-42-37-22-26-10-2-4-11-28(26)30-34(21-25-9-3-5-12-29(25)40-43-36,32(45)41-38-23-33(46)17-6-1-7-18-33)39-31(48-30)24-13-15-27(16-14-24)47-20-8-19-44/h2-5,9-16,30,38,44,46H,1,6-8,17-23H2,(H,41,45)/t30-,34-/m0/s1. The number of carbonyl (C=O) groups is 1. The number of rotatable bonds is 15. The molecule has 1 heterocycles. The van der Waals surface area contributed by atoms with Crippen LogP contribution in [0.1, 0.15) is 66.9 Å². The van der Waals surface area contributed by atoms with Gasteiger partial charge < -0.3 is 19.7 Å². The van der Waals surface area contributed by atoms with Gasteiger partial charge in [0.1, 0.15) is 5.75 Å². The summed E-state index contributed by atoms with van der Waals surface area (Å²) in [6.07, 6.45) is 3.59. The van der Waals surface area contributed by atoms with E-state index in [2.05, 4.69) is 30.9 Å². The van der Waals surface area contributed by atoms with Crippen molar-refractivity contribution in [2.75, 3.05) is 19.8 Å². The fraction of sp³-hybridized carbons (Fsp3) is 0.412. The van der Waals surface area contributed by atoms with Crippen LogP contribution in [0.25, 0.3) is 20.9 Å². The number of azide groups is 2. The van der Waals surface area contributed by atoms with Crippen LogP contribution >= 0.6 is 0 Å². The summed E-state index contributed by atoms with van der Waals surface area (Å²) in [5, 5.41) is 27.8. The Morgan fingerprint density at radius 2 is 1.73 bits per heavy atom. The van der Waals surface area contributed by atoms with Crippen LogP contribution in [0, 0.1) is 0 Å². The summed E-state index contributed by atoms with van der Waals surface area (Å²) in [5.74, 6) is 0.266. The van der Waals surface area contributed by atoms with Crippen molar-refractivity contribution in [1.29, 1.82) is 0 Å². The molecule has 0 aromatic heterocycles. The number of hydrogen-bond donors (Lipinski definition) is 4. The van der Waals surface area contributed by atoms with E-state index in [1.807, 2.05) is 18.2 Å². The van der Waals surface area contributed by atoms with Crippen molar-refractivity contribution in [1.82, 2.24) is 10.9 Å². The minimum Gasteiger partial charge on any atom is -0.494 e. The minimum atomic E-state index is -1.65. The quantitative estimate of drug-likeness (QED) is 0.0506. The lowest BCUT2D eigenvalue weighted by atomic mass is 9.80. The van der Waals surface area contributed by atoms with E-state index in [1.54, 1.807) is 54.6 Å². The third-order valence-corrected chi connectivity index (χ3v) is 8.68. The van der Waals surface area contributed by atoms with Gasteiger partial charge in [0.2, 0.25) is 5.90 Å². The second-order valence-electron chi connectivity index (χ2n) is 12.0. The van der Waals surface area contributed by atoms with Gasteiger partial charge in [0.25, 0.3) is 5.91 Å². The number of amides is 1. The highest BCUT2D eigenvalue weighted by molar-refractivity contribution is 6.01. The van der Waals surface area contributed by atoms with Gasteiger partial charge >= 0.3 is 0 Å². The number of aliphatic hydroxyl groups is 2. The molecule has 0 radical (unpaired) electrons. The molecule has 0 unspecified atom stereocenters. The highest BCUT2D eigenvalue weighted by atomic mass is 16.5. The lowest BCUT2D eigenvalue weighted by molar-refractivity contribution is -0.130. The Labute approximate surface area is 278 Å². The average molecular weight is 654 g/mol. The first-order chi connectivity index (χ1) is 23.4.